The number of hydrogen-bond donors (Lipinski definition) is 0. The average Bonchev–Trinajstić information content (AvgIpc) is 2.55. The maximum absolute atomic E-state index is 10.4. The third kappa shape index (κ3) is 5.15. The third-order valence-corrected chi connectivity index (χ3v) is 4.57. The number of benzene rings is 2. The molecule has 0 saturated carbocycles. The van der Waals surface area contributed by atoms with E-state index in [0.717, 1.165) is 25.1 Å². The minimum absolute atomic E-state index is 0.178. The number of nitrogens with zero attached hydrogens (tertiary/aromatic N) is 1. The Hall–Kier alpha value is -2.24. The van der Waals surface area contributed by atoms with Crippen molar-refractivity contribution in [2.45, 2.75) is 18.2 Å². The van der Waals surface area contributed by atoms with Gasteiger partial charge in [0.15, 0.2) is 12.8 Å². The van der Waals surface area contributed by atoms with Crippen molar-refractivity contribution in [2.24, 2.45) is 0 Å². The van der Waals surface area contributed by atoms with E-state index in [1.54, 1.807) is 12.1 Å². The van der Waals surface area contributed by atoms with E-state index >= 15 is 0 Å². The van der Waals surface area contributed by atoms with Gasteiger partial charge in [0.25, 0.3) is 0 Å². The Morgan fingerprint density at radius 2 is 1.83 bits per heavy atom. The van der Waals surface area contributed by atoms with Crippen molar-refractivity contribution in [1.29, 1.82) is 0 Å². The van der Waals surface area contributed by atoms with E-state index in [9.17, 15) is 13.0 Å². The van der Waals surface area contributed by atoms with Crippen LogP contribution in [-0.4, -0.2) is 36.9 Å². The second kappa shape index (κ2) is 8.04. The highest BCUT2D eigenvalue weighted by Crippen LogP contribution is 2.11. The van der Waals surface area contributed by atoms with Gasteiger partial charge in [-0.15, -0.1) is 0 Å². The van der Waals surface area contributed by atoms with Gasteiger partial charge in [-0.3, -0.25) is 0 Å². The largest absolute Gasteiger partial charge is 0.744 e. The summed E-state index contributed by atoms with van der Waals surface area (Å²) in [7, 11) is -4.27. The molecule has 1 heterocycles. The lowest BCUT2D eigenvalue weighted by molar-refractivity contribution is -0.513. The molecule has 0 radical (unpaired) electrons. The fraction of sp³-hybridized carbons (Fsp3) is 0.211. The van der Waals surface area contributed by atoms with Gasteiger partial charge in [-0.2, -0.15) is 0 Å². The van der Waals surface area contributed by atoms with Gasteiger partial charge in [0.1, 0.15) is 16.7 Å². The maximum atomic E-state index is 10.4. The van der Waals surface area contributed by atoms with Crippen molar-refractivity contribution in [3.05, 3.63) is 77.9 Å². The minimum atomic E-state index is -4.27. The Morgan fingerprint density at radius 3 is 2.46 bits per heavy atom. The molecule has 3 rings (SSSR count). The van der Waals surface area contributed by atoms with E-state index in [0.29, 0.717) is 0 Å². The molecular weight excluding hydrogens is 322 g/mol. The zero-order valence-corrected chi connectivity index (χ0v) is 14.5. The van der Waals surface area contributed by atoms with Crippen LogP contribution in [0.1, 0.15) is 16.7 Å². The van der Waals surface area contributed by atoms with Crippen molar-refractivity contribution >= 4 is 16.3 Å². The highest BCUT2D eigenvalue weighted by molar-refractivity contribution is 7.85. The Balaban J connectivity index is 0.000000177. The van der Waals surface area contributed by atoms with Crippen LogP contribution >= 0.6 is 0 Å². The summed E-state index contributed by atoms with van der Waals surface area (Å²) < 4.78 is 33.5. The normalized spacial score (nSPS) is 13.2. The highest BCUT2D eigenvalue weighted by Gasteiger charge is 2.13. The lowest BCUT2D eigenvalue weighted by Crippen LogP contribution is -2.22. The minimum Gasteiger partial charge on any atom is -0.744 e. The van der Waals surface area contributed by atoms with Gasteiger partial charge in [-0.1, -0.05) is 42.5 Å². The van der Waals surface area contributed by atoms with Crippen LogP contribution in [0, 0.1) is 6.92 Å². The predicted molar refractivity (Wildman–Crippen MR) is 94.6 cm³/mol. The molecule has 0 bridgehead atoms. The van der Waals surface area contributed by atoms with Crippen LogP contribution in [-0.2, 0) is 16.5 Å². The van der Waals surface area contributed by atoms with E-state index in [4.69, 9.17) is 0 Å². The number of fused-ring (bicyclic) bond motifs is 1. The monoisotopic (exact) mass is 343 g/mol. The zero-order valence-electron chi connectivity index (χ0n) is 13.7. The molecule has 24 heavy (non-hydrogen) atoms. The fourth-order valence-electron chi connectivity index (χ4n) is 2.43. The molecule has 2 aromatic carbocycles. The van der Waals surface area contributed by atoms with Crippen molar-refractivity contribution in [3.63, 3.8) is 0 Å². The lowest BCUT2D eigenvalue weighted by atomic mass is 10.0. The molecule has 0 amide bonds. The molecule has 1 aliphatic heterocycles. The molecule has 126 valence electrons. The summed E-state index contributed by atoms with van der Waals surface area (Å²) in [6.07, 6.45) is 5.32. The summed E-state index contributed by atoms with van der Waals surface area (Å²) in [5.74, 6) is 0. The summed E-state index contributed by atoms with van der Waals surface area (Å²) in [6, 6.07) is 14.4. The van der Waals surface area contributed by atoms with Gasteiger partial charge in [-0.25, -0.2) is 13.0 Å². The van der Waals surface area contributed by atoms with Crippen molar-refractivity contribution < 1.29 is 17.5 Å². The van der Waals surface area contributed by atoms with Crippen LogP contribution in [0.15, 0.2) is 66.1 Å². The van der Waals surface area contributed by atoms with Crippen LogP contribution in [0.2, 0.25) is 0 Å². The van der Waals surface area contributed by atoms with Crippen LogP contribution in [0.4, 0.5) is 0 Å². The predicted octanol–water partition coefficient (Wildman–Crippen LogP) is 2.76. The van der Waals surface area contributed by atoms with E-state index < -0.39 is 10.1 Å². The second-order valence-electron chi connectivity index (χ2n) is 5.63. The molecule has 5 heteroatoms. The molecule has 0 saturated heterocycles. The smallest absolute Gasteiger partial charge is 0.171 e. The summed E-state index contributed by atoms with van der Waals surface area (Å²) >= 11 is 0. The molecule has 2 aromatic rings. The van der Waals surface area contributed by atoms with Gasteiger partial charge in [0.05, 0.1) is 4.90 Å². The van der Waals surface area contributed by atoms with Crippen LogP contribution in [0.25, 0.3) is 0 Å². The Morgan fingerprint density at radius 1 is 1.17 bits per heavy atom. The van der Waals surface area contributed by atoms with Crippen LogP contribution in [0.5, 0.6) is 0 Å². The molecule has 0 atom stereocenters. The zero-order chi connectivity index (χ0) is 17.6. The van der Waals surface area contributed by atoms with E-state index in [-0.39, 0.29) is 4.90 Å². The molecule has 0 unspecified atom stereocenters. The Kier molecular flexibility index (Phi) is 6.06. The second-order valence-corrected chi connectivity index (χ2v) is 7.01. The first-order chi connectivity index (χ1) is 11.4. The number of aryl methyl sites for hydroxylation is 1. The first-order valence-electron chi connectivity index (χ1n) is 7.70. The molecule has 4 nitrogen and oxygen atoms in total. The molecule has 0 fully saturated rings. The standard InChI is InChI=1S/C12H14N.C7H8O3S/c1-2-8-13-9-7-11-5-3-4-6-12(11)10-13;1-6-2-4-7(5-3-6)11(8,9)10/h2-6,10H,1,7-9H2;2-5H,1H3,(H,8,9,10)/q+1;/p-1. The highest BCUT2D eigenvalue weighted by atomic mass is 32.2. The average molecular weight is 343 g/mol. The summed E-state index contributed by atoms with van der Waals surface area (Å²) in [4.78, 5) is -0.178. The van der Waals surface area contributed by atoms with Gasteiger partial charge >= 0.3 is 0 Å². The fourth-order valence-corrected chi connectivity index (χ4v) is 2.90. The van der Waals surface area contributed by atoms with E-state index in [1.807, 2.05) is 13.0 Å². The molecule has 0 spiro atoms. The van der Waals surface area contributed by atoms with Crippen molar-refractivity contribution in [3.8, 4) is 0 Å². The van der Waals surface area contributed by atoms with E-state index in [1.165, 1.54) is 23.3 Å². The van der Waals surface area contributed by atoms with Gasteiger partial charge in [-0.05, 0) is 36.8 Å². The summed E-state index contributed by atoms with van der Waals surface area (Å²) in [5.41, 5.74) is 3.75. The van der Waals surface area contributed by atoms with E-state index in [2.05, 4.69) is 41.6 Å². The number of hydrogen-bond acceptors (Lipinski definition) is 3. The SMILES string of the molecule is C=CC[N+]1=Cc2ccccc2CC1.Cc1ccc(S(=O)(=O)[O-])cc1. The Bertz CT molecular complexity index is 837. The summed E-state index contributed by atoms with van der Waals surface area (Å²) in [6.45, 7) is 7.64. The lowest BCUT2D eigenvalue weighted by Gasteiger charge is -2.10. The third-order valence-electron chi connectivity index (χ3n) is 3.72. The molecule has 0 aromatic heterocycles. The van der Waals surface area contributed by atoms with Gasteiger partial charge < -0.3 is 4.55 Å². The molecule has 0 N–H and O–H groups in total. The topological polar surface area (TPSA) is 60.2 Å². The molecule has 1 aliphatic rings. The van der Waals surface area contributed by atoms with Crippen LogP contribution in [0.3, 0.4) is 0 Å². The first-order valence-corrected chi connectivity index (χ1v) is 9.11. The van der Waals surface area contributed by atoms with Crippen molar-refractivity contribution in [1.82, 2.24) is 0 Å². The number of rotatable bonds is 3. The maximum Gasteiger partial charge on any atom is 0.171 e. The summed E-state index contributed by atoms with van der Waals surface area (Å²) in [5, 5.41) is 0. The first kappa shape index (κ1) is 18.1. The van der Waals surface area contributed by atoms with Gasteiger partial charge in [0.2, 0.25) is 0 Å². The molecule has 0 aliphatic carbocycles. The Labute approximate surface area is 143 Å². The quantitative estimate of drug-likeness (QED) is 0.489. The van der Waals surface area contributed by atoms with Gasteiger partial charge in [0, 0.05) is 12.0 Å². The van der Waals surface area contributed by atoms with Crippen LogP contribution < -0.4 is 0 Å². The molecular formula is C19H21NO3S. The van der Waals surface area contributed by atoms with Crippen molar-refractivity contribution in [2.75, 3.05) is 13.1 Å².